The third kappa shape index (κ3) is 5.23. The van der Waals surface area contributed by atoms with Crippen molar-refractivity contribution in [1.82, 2.24) is 14.9 Å². The van der Waals surface area contributed by atoms with Crippen LogP contribution in [-0.4, -0.2) is 45.2 Å². The Hall–Kier alpha value is -3.67. The predicted molar refractivity (Wildman–Crippen MR) is 104 cm³/mol. The van der Waals surface area contributed by atoms with Gasteiger partial charge in [-0.1, -0.05) is 18.1 Å². The first-order chi connectivity index (χ1) is 14.5. The molecule has 1 fully saturated rings. The van der Waals surface area contributed by atoms with Crippen LogP contribution in [0.4, 0.5) is 0 Å². The monoisotopic (exact) mass is 411 g/mol. The third-order valence-corrected chi connectivity index (χ3v) is 4.43. The number of nitrogens with zero attached hydrogens (tertiary/aromatic N) is 3. The Morgan fingerprint density at radius 2 is 1.93 bits per heavy atom. The molecule has 0 aliphatic carbocycles. The molecule has 0 atom stereocenters. The molecule has 2 aromatic rings. The van der Waals surface area contributed by atoms with E-state index in [4.69, 9.17) is 9.25 Å². The molecule has 1 aliphatic rings. The number of hydrogen-bond donors (Lipinski definition) is 0. The van der Waals surface area contributed by atoms with Gasteiger partial charge in [-0.2, -0.15) is 0 Å². The third-order valence-electron chi connectivity index (χ3n) is 4.43. The Kier molecular flexibility index (Phi) is 6.80. The zero-order valence-electron chi connectivity index (χ0n) is 16.6. The molecule has 0 spiro atoms. The second kappa shape index (κ2) is 9.69. The first-order valence-corrected chi connectivity index (χ1v) is 9.56. The quantitative estimate of drug-likeness (QED) is 0.482. The second-order valence-electron chi connectivity index (χ2n) is 6.65. The molecule has 0 unspecified atom stereocenters. The summed E-state index contributed by atoms with van der Waals surface area (Å²) >= 11 is 0. The number of hydroxylamine groups is 2. The highest BCUT2D eigenvalue weighted by molar-refractivity contribution is 6.01. The fourth-order valence-electron chi connectivity index (χ4n) is 2.90. The van der Waals surface area contributed by atoms with Crippen molar-refractivity contribution < 1.29 is 28.4 Å². The van der Waals surface area contributed by atoms with Crippen molar-refractivity contribution in [3.63, 3.8) is 0 Å². The van der Waals surface area contributed by atoms with Crippen LogP contribution in [0.5, 0.6) is 0 Å². The normalized spacial score (nSPS) is 13.3. The summed E-state index contributed by atoms with van der Waals surface area (Å²) in [6.07, 6.45) is 0.251. The molecule has 0 bridgehead atoms. The summed E-state index contributed by atoms with van der Waals surface area (Å²) in [6, 6.07) is 7.31. The molecule has 3 amide bonds. The van der Waals surface area contributed by atoms with Crippen LogP contribution in [0.2, 0.25) is 0 Å². The van der Waals surface area contributed by atoms with E-state index in [1.165, 1.54) is 4.90 Å². The fraction of sp³-hybridized carbons (Fsp3) is 0.381. The van der Waals surface area contributed by atoms with E-state index in [0.717, 1.165) is 0 Å². The van der Waals surface area contributed by atoms with Gasteiger partial charge in [0.15, 0.2) is 5.58 Å². The maximum atomic E-state index is 12.6. The highest BCUT2D eigenvalue weighted by Crippen LogP contribution is 2.17. The molecule has 0 N–H and O–H groups in total. The van der Waals surface area contributed by atoms with Crippen molar-refractivity contribution in [1.29, 1.82) is 0 Å². The van der Waals surface area contributed by atoms with E-state index in [0.29, 0.717) is 22.1 Å². The van der Waals surface area contributed by atoms with E-state index >= 15 is 0 Å². The van der Waals surface area contributed by atoms with Gasteiger partial charge in [-0.05, 0) is 25.5 Å². The number of amides is 3. The Labute approximate surface area is 172 Å². The number of hydrogen-bond acceptors (Lipinski definition) is 7. The highest BCUT2D eigenvalue weighted by Gasteiger charge is 2.32. The lowest BCUT2D eigenvalue weighted by Gasteiger charge is -2.18. The van der Waals surface area contributed by atoms with E-state index in [2.05, 4.69) is 16.8 Å². The molecule has 30 heavy (non-hydrogen) atoms. The summed E-state index contributed by atoms with van der Waals surface area (Å²) in [4.78, 5) is 58.1. The van der Waals surface area contributed by atoms with Gasteiger partial charge < -0.3 is 14.2 Å². The summed E-state index contributed by atoms with van der Waals surface area (Å²) in [7, 11) is 0. The van der Waals surface area contributed by atoms with Crippen molar-refractivity contribution in [2.24, 2.45) is 0 Å². The second-order valence-corrected chi connectivity index (χ2v) is 6.65. The molecule has 0 saturated carbocycles. The molecule has 9 nitrogen and oxygen atoms in total. The minimum absolute atomic E-state index is 0.0356. The van der Waals surface area contributed by atoms with Crippen molar-refractivity contribution >= 4 is 34.8 Å². The molecular formula is C21H21N3O6. The maximum Gasteiger partial charge on any atom is 0.333 e. The molecule has 1 aromatic carbocycles. The minimum Gasteiger partial charge on any atom is -0.439 e. The van der Waals surface area contributed by atoms with Crippen LogP contribution in [0.1, 0.15) is 44.9 Å². The van der Waals surface area contributed by atoms with E-state index in [1.54, 1.807) is 13.0 Å². The lowest BCUT2D eigenvalue weighted by atomic mass is 10.2. The molecule has 1 aromatic heterocycles. The van der Waals surface area contributed by atoms with Gasteiger partial charge >= 0.3 is 5.97 Å². The van der Waals surface area contributed by atoms with Crippen molar-refractivity contribution in [3.05, 3.63) is 30.2 Å². The molecule has 3 rings (SSSR count). The van der Waals surface area contributed by atoms with E-state index in [1.807, 2.05) is 18.2 Å². The van der Waals surface area contributed by atoms with Crippen LogP contribution in [0.3, 0.4) is 0 Å². The first-order valence-electron chi connectivity index (χ1n) is 9.56. The Balaban J connectivity index is 1.53. The van der Waals surface area contributed by atoms with Crippen LogP contribution < -0.4 is 0 Å². The standard InChI is InChI=1S/C21H21N3O6/c1-2-3-13-23(14-17-22-15-7-4-5-8-16(15)29-17)18(25)9-6-10-21(28)30-24-19(26)11-12-20(24)27/h4-5,7-8H,6,9-14H2,1H3. The Morgan fingerprint density at radius 1 is 1.20 bits per heavy atom. The number of imide groups is 1. The summed E-state index contributed by atoms with van der Waals surface area (Å²) < 4.78 is 5.67. The van der Waals surface area contributed by atoms with Crippen molar-refractivity contribution in [2.75, 3.05) is 6.54 Å². The van der Waals surface area contributed by atoms with Crippen LogP contribution >= 0.6 is 0 Å². The smallest absolute Gasteiger partial charge is 0.333 e. The van der Waals surface area contributed by atoms with Gasteiger partial charge in [0.1, 0.15) is 5.52 Å². The minimum atomic E-state index is -0.731. The van der Waals surface area contributed by atoms with Gasteiger partial charge in [0.2, 0.25) is 11.8 Å². The zero-order chi connectivity index (χ0) is 21.5. The fourth-order valence-corrected chi connectivity index (χ4v) is 2.90. The highest BCUT2D eigenvalue weighted by atomic mass is 16.7. The molecule has 9 heteroatoms. The van der Waals surface area contributed by atoms with Gasteiger partial charge in [-0.25, -0.2) is 9.78 Å². The van der Waals surface area contributed by atoms with E-state index in [9.17, 15) is 19.2 Å². The van der Waals surface area contributed by atoms with Crippen LogP contribution in [-0.2, 0) is 30.6 Å². The number of carbonyl (C=O) groups is 4. The first kappa shape index (κ1) is 21.0. The van der Waals surface area contributed by atoms with Crippen LogP contribution in [0, 0.1) is 11.8 Å². The number of benzene rings is 1. The number of oxazole rings is 1. The number of carbonyl (C=O) groups excluding carboxylic acids is 4. The molecule has 2 heterocycles. The molecule has 1 aliphatic heterocycles. The Bertz CT molecular complexity index is 983. The van der Waals surface area contributed by atoms with Gasteiger partial charge in [0.05, 0.1) is 13.1 Å². The summed E-state index contributed by atoms with van der Waals surface area (Å²) in [5, 5.41) is 0.501. The predicted octanol–water partition coefficient (Wildman–Crippen LogP) is 1.96. The van der Waals surface area contributed by atoms with Crippen LogP contribution in [0.25, 0.3) is 11.1 Å². The topological polar surface area (TPSA) is 110 Å². The van der Waals surface area contributed by atoms with Gasteiger partial charge in [-0.15, -0.1) is 11.0 Å². The summed E-state index contributed by atoms with van der Waals surface area (Å²) in [5.41, 5.74) is 1.34. The van der Waals surface area contributed by atoms with Crippen molar-refractivity contribution in [3.8, 4) is 11.8 Å². The lowest BCUT2D eigenvalue weighted by molar-refractivity contribution is -0.197. The zero-order valence-corrected chi connectivity index (χ0v) is 16.6. The molecule has 156 valence electrons. The van der Waals surface area contributed by atoms with E-state index in [-0.39, 0.29) is 51.1 Å². The summed E-state index contributed by atoms with van der Waals surface area (Å²) in [5.74, 6) is 3.98. The maximum absolute atomic E-state index is 12.6. The van der Waals surface area contributed by atoms with Gasteiger partial charge in [-0.3, -0.25) is 14.4 Å². The van der Waals surface area contributed by atoms with E-state index < -0.39 is 17.8 Å². The largest absolute Gasteiger partial charge is 0.439 e. The molecule has 0 radical (unpaired) electrons. The average molecular weight is 411 g/mol. The number of rotatable bonds is 8. The van der Waals surface area contributed by atoms with Gasteiger partial charge in [0, 0.05) is 25.7 Å². The number of fused-ring (bicyclic) bond motifs is 1. The van der Waals surface area contributed by atoms with Gasteiger partial charge in [0.25, 0.3) is 11.8 Å². The molecular weight excluding hydrogens is 390 g/mol. The number of aromatic nitrogens is 1. The van der Waals surface area contributed by atoms with Crippen molar-refractivity contribution in [2.45, 2.75) is 45.6 Å². The number of para-hydroxylation sites is 2. The average Bonchev–Trinajstić information content (AvgIpc) is 3.28. The Morgan fingerprint density at radius 3 is 2.63 bits per heavy atom. The van der Waals surface area contributed by atoms with Crippen LogP contribution in [0.15, 0.2) is 28.7 Å². The molecule has 1 saturated heterocycles. The SMILES string of the molecule is CC#CCN(Cc1nc2ccccc2o1)C(=O)CCCC(=O)ON1C(=O)CCC1=O. The summed E-state index contributed by atoms with van der Waals surface area (Å²) in [6.45, 7) is 2.04. The lowest BCUT2D eigenvalue weighted by Crippen LogP contribution is -2.32.